The van der Waals surface area contributed by atoms with E-state index in [9.17, 15) is 9.59 Å². The largest absolute Gasteiger partial charge is 0.355 e. The van der Waals surface area contributed by atoms with Gasteiger partial charge in [-0.15, -0.1) is 0 Å². The molecule has 8 heteroatoms. The van der Waals surface area contributed by atoms with E-state index < -0.39 is 0 Å². The predicted molar refractivity (Wildman–Crippen MR) is 140 cm³/mol. The number of anilines is 1. The van der Waals surface area contributed by atoms with Crippen molar-refractivity contribution in [3.05, 3.63) is 64.1 Å². The SMILES string of the molecule is CCN(CC)CCNC(=O)C1CCN(c2nc3cccnc3n(Cc3ccc(C)cc3)c2=O)CC1. The summed E-state index contributed by atoms with van der Waals surface area (Å²) in [6.07, 6.45) is 3.11. The van der Waals surface area contributed by atoms with Gasteiger partial charge in [0.25, 0.3) is 5.56 Å². The zero-order valence-electron chi connectivity index (χ0n) is 21.0. The summed E-state index contributed by atoms with van der Waals surface area (Å²) < 4.78 is 1.72. The topological polar surface area (TPSA) is 83.4 Å². The molecule has 1 N–H and O–H groups in total. The van der Waals surface area contributed by atoms with Crippen molar-refractivity contribution in [2.24, 2.45) is 5.92 Å². The van der Waals surface area contributed by atoms with Crippen molar-refractivity contribution in [2.45, 2.75) is 40.2 Å². The van der Waals surface area contributed by atoms with E-state index in [0.717, 1.165) is 25.2 Å². The third-order valence-electron chi connectivity index (χ3n) is 6.93. The van der Waals surface area contributed by atoms with Gasteiger partial charge in [-0.25, -0.2) is 9.97 Å². The van der Waals surface area contributed by atoms with Gasteiger partial charge < -0.3 is 15.1 Å². The molecule has 1 saturated heterocycles. The van der Waals surface area contributed by atoms with Crippen LogP contribution in [0.1, 0.15) is 37.8 Å². The summed E-state index contributed by atoms with van der Waals surface area (Å²) in [5.41, 5.74) is 3.37. The maximum Gasteiger partial charge on any atom is 0.295 e. The molecular weight excluding hydrogens is 440 g/mol. The molecule has 1 aliphatic rings. The van der Waals surface area contributed by atoms with Gasteiger partial charge in [0, 0.05) is 38.3 Å². The number of likely N-dealkylation sites (N-methyl/N-ethyl adjacent to an activating group) is 1. The normalized spacial score (nSPS) is 14.6. The Labute approximate surface area is 207 Å². The fourth-order valence-electron chi connectivity index (χ4n) is 4.67. The van der Waals surface area contributed by atoms with Crippen LogP contribution in [0.2, 0.25) is 0 Å². The molecule has 2 aromatic heterocycles. The maximum absolute atomic E-state index is 13.6. The van der Waals surface area contributed by atoms with Gasteiger partial charge in [-0.1, -0.05) is 43.7 Å². The minimum absolute atomic E-state index is 0.0279. The van der Waals surface area contributed by atoms with Crippen LogP contribution < -0.4 is 15.8 Å². The molecule has 0 bridgehead atoms. The van der Waals surface area contributed by atoms with Crippen LogP contribution in [0.25, 0.3) is 11.2 Å². The van der Waals surface area contributed by atoms with Gasteiger partial charge in [0.15, 0.2) is 11.5 Å². The monoisotopic (exact) mass is 476 g/mol. The Morgan fingerprint density at radius 3 is 2.51 bits per heavy atom. The summed E-state index contributed by atoms with van der Waals surface area (Å²) in [7, 11) is 0. The number of carbonyl (C=O) groups excluding carboxylic acids is 1. The summed E-state index contributed by atoms with van der Waals surface area (Å²) in [4.78, 5) is 39.7. The zero-order valence-corrected chi connectivity index (χ0v) is 21.0. The summed E-state index contributed by atoms with van der Waals surface area (Å²) in [6, 6.07) is 11.9. The molecule has 8 nitrogen and oxygen atoms in total. The van der Waals surface area contributed by atoms with Crippen LogP contribution in [0, 0.1) is 12.8 Å². The van der Waals surface area contributed by atoms with E-state index >= 15 is 0 Å². The fraction of sp³-hybridized carbons (Fsp3) is 0.481. The molecule has 0 saturated carbocycles. The van der Waals surface area contributed by atoms with E-state index in [-0.39, 0.29) is 17.4 Å². The molecule has 1 amide bonds. The van der Waals surface area contributed by atoms with E-state index in [4.69, 9.17) is 4.98 Å². The van der Waals surface area contributed by atoms with Gasteiger partial charge in [-0.3, -0.25) is 14.2 Å². The summed E-state index contributed by atoms with van der Waals surface area (Å²) >= 11 is 0. The van der Waals surface area contributed by atoms with Crippen LogP contribution in [0.15, 0.2) is 47.4 Å². The van der Waals surface area contributed by atoms with Gasteiger partial charge in [-0.05, 0) is 50.6 Å². The third-order valence-corrected chi connectivity index (χ3v) is 6.93. The minimum atomic E-state index is -0.140. The number of carbonyl (C=O) groups is 1. The quantitative estimate of drug-likeness (QED) is 0.511. The molecule has 0 radical (unpaired) electrons. The molecule has 0 aliphatic carbocycles. The number of rotatable bonds is 9. The highest BCUT2D eigenvalue weighted by Crippen LogP contribution is 2.22. The lowest BCUT2D eigenvalue weighted by Crippen LogP contribution is -2.44. The van der Waals surface area contributed by atoms with Gasteiger partial charge >= 0.3 is 0 Å². The number of benzene rings is 1. The van der Waals surface area contributed by atoms with E-state index in [1.54, 1.807) is 10.8 Å². The fourth-order valence-corrected chi connectivity index (χ4v) is 4.67. The van der Waals surface area contributed by atoms with Crippen LogP contribution in [0.3, 0.4) is 0 Å². The molecular formula is C27H36N6O2. The number of aromatic nitrogens is 3. The molecule has 1 aromatic carbocycles. The third kappa shape index (κ3) is 5.88. The molecule has 0 unspecified atom stereocenters. The second-order valence-corrected chi connectivity index (χ2v) is 9.24. The Morgan fingerprint density at radius 2 is 1.83 bits per heavy atom. The summed E-state index contributed by atoms with van der Waals surface area (Å²) in [5.74, 6) is 0.530. The molecule has 4 rings (SSSR count). The average Bonchev–Trinajstić information content (AvgIpc) is 2.89. The van der Waals surface area contributed by atoms with Crippen LogP contribution >= 0.6 is 0 Å². The standard InChI is InChI=1S/C27H36N6O2/c1-4-31(5-2)18-15-29-26(34)22-12-16-32(17-13-22)25-27(35)33(19-21-10-8-20(3)9-11-21)24-23(30-25)7-6-14-28-24/h6-11,14,22H,4-5,12-13,15-19H2,1-3H3,(H,29,34). The molecule has 0 spiro atoms. The molecule has 1 aliphatic heterocycles. The van der Waals surface area contributed by atoms with Gasteiger partial charge in [0.1, 0.15) is 5.52 Å². The second kappa shape index (κ2) is 11.4. The number of amides is 1. The van der Waals surface area contributed by atoms with Gasteiger partial charge in [0.2, 0.25) is 5.91 Å². The maximum atomic E-state index is 13.6. The number of hydrogen-bond donors (Lipinski definition) is 1. The number of nitrogens with zero attached hydrogens (tertiary/aromatic N) is 5. The second-order valence-electron chi connectivity index (χ2n) is 9.24. The number of pyridine rings is 1. The minimum Gasteiger partial charge on any atom is -0.355 e. The first-order valence-electron chi connectivity index (χ1n) is 12.7. The molecule has 3 aromatic rings. The van der Waals surface area contributed by atoms with E-state index in [1.807, 2.05) is 36.1 Å². The first-order chi connectivity index (χ1) is 17.0. The van der Waals surface area contributed by atoms with Gasteiger partial charge in [-0.2, -0.15) is 0 Å². The van der Waals surface area contributed by atoms with Crippen molar-refractivity contribution in [3.8, 4) is 0 Å². The molecule has 3 heterocycles. The van der Waals surface area contributed by atoms with Crippen LogP contribution in [0.5, 0.6) is 0 Å². The van der Waals surface area contributed by atoms with Crippen LogP contribution in [-0.2, 0) is 11.3 Å². The van der Waals surface area contributed by atoms with Crippen LogP contribution in [-0.4, -0.2) is 64.6 Å². The number of nitrogens with one attached hydrogen (secondary N) is 1. The molecule has 35 heavy (non-hydrogen) atoms. The zero-order chi connectivity index (χ0) is 24.8. The first kappa shape index (κ1) is 24.9. The van der Waals surface area contributed by atoms with Gasteiger partial charge in [0.05, 0.1) is 6.54 Å². The van der Waals surface area contributed by atoms with E-state index in [2.05, 4.69) is 41.2 Å². The van der Waals surface area contributed by atoms with Crippen molar-refractivity contribution in [1.82, 2.24) is 24.8 Å². The average molecular weight is 477 g/mol. The Hall–Kier alpha value is -3.26. The predicted octanol–water partition coefficient (Wildman–Crippen LogP) is 2.82. The Bertz CT molecular complexity index is 1190. The Kier molecular flexibility index (Phi) is 8.13. The van der Waals surface area contributed by atoms with Crippen molar-refractivity contribution in [3.63, 3.8) is 0 Å². The van der Waals surface area contributed by atoms with Crippen molar-refractivity contribution in [2.75, 3.05) is 44.2 Å². The van der Waals surface area contributed by atoms with Crippen molar-refractivity contribution in [1.29, 1.82) is 0 Å². The van der Waals surface area contributed by atoms with E-state index in [0.29, 0.717) is 56.0 Å². The van der Waals surface area contributed by atoms with E-state index in [1.165, 1.54) is 5.56 Å². The lowest BCUT2D eigenvalue weighted by molar-refractivity contribution is -0.125. The lowest BCUT2D eigenvalue weighted by atomic mass is 9.96. The summed E-state index contributed by atoms with van der Waals surface area (Å²) in [6.45, 7) is 11.5. The number of hydrogen-bond acceptors (Lipinski definition) is 6. The highest BCUT2D eigenvalue weighted by atomic mass is 16.2. The Morgan fingerprint density at radius 1 is 1.11 bits per heavy atom. The number of fused-ring (bicyclic) bond motifs is 1. The molecule has 186 valence electrons. The number of piperidine rings is 1. The Balaban J connectivity index is 1.48. The molecule has 0 atom stereocenters. The summed E-state index contributed by atoms with van der Waals surface area (Å²) in [5, 5.41) is 3.09. The number of aryl methyl sites for hydroxylation is 1. The highest BCUT2D eigenvalue weighted by molar-refractivity contribution is 5.79. The first-order valence-corrected chi connectivity index (χ1v) is 12.7. The van der Waals surface area contributed by atoms with Crippen molar-refractivity contribution >= 4 is 22.9 Å². The van der Waals surface area contributed by atoms with Crippen LogP contribution in [0.4, 0.5) is 5.82 Å². The van der Waals surface area contributed by atoms with Crippen molar-refractivity contribution < 1.29 is 4.79 Å². The lowest BCUT2D eigenvalue weighted by Gasteiger charge is -2.32. The molecule has 1 fully saturated rings. The smallest absolute Gasteiger partial charge is 0.295 e. The highest BCUT2D eigenvalue weighted by Gasteiger charge is 2.27.